The molecule has 0 saturated carbocycles. The first-order valence-corrected chi connectivity index (χ1v) is 6.67. The number of benzene rings is 2. The molecular formula is C14H8Cl3FO2. The first-order chi connectivity index (χ1) is 9.49. The number of hydrogen-bond acceptors (Lipinski definition) is 2. The Morgan fingerprint density at radius 1 is 1.10 bits per heavy atom. The van der Waals surface area contributed by atoms with Crippen molar-refractivity contribution in [3.05, 3.63) is 68.4 Å². The number of carbonyl (C=O) groups is 1. The summed E-state index contributed by atoms with van der Waals surface area (Å²) in [6, 6.07) is 8.61. The van der Waals surface area contributed by atoms with Crippen molar-refractivity contribution in [2.75, 3.05) is 0 Å². The van der Waals surface area contributed by atoms with Gasteiger partial charge in [-0.1, -0.05) is 40.9 Å². The normalized spacial score (nSPS) is 10.4. The summed E-state index contributed by atoms with van der Waals surface area (Å²) in [6.45, 7) is -0.275. The molecule has 0 N–H and O–H groups in total. The number of ether oxygens (including phenoxy) is 1. The fraction of sp³-hybridized carbons (Fsp3) is 0.0714. The molecular weight excluding hydrogens is 326 g/mol. The Bertz CT molecular complexity index is 639. The van der Waals surface area contributed by atoms with Crippen molar-refractivity contribution in [3.8, 4) is 0 Å². The quantitative estimate of drug-likeness (QED) is 0.727. The molecule has 0 aliphatic rings. The molecule has 0 bridgehead atoms. The number of rotatable bonds is 3. The Balaban J connectivity index is 2.13. The smallest absolute Gasteiger partial charge is 0.339 e. The largest absolute Gasteiger partial charge is 0.457 e. The summed E-state index contributed by atoms with van der Waals surface area (Å²) in [7, 11) is 0. The van der Waals surface area contributed by atoms with Crippen molar-refractivity contribution >= 4 is 40.8 Å². The van der Waals surface area contributed by atoms with E-state index in [9.17, 15) is 9.18 Å². The third-order valence-electron chi connectivity index (χ3n) is 2.56. The van der Waals surface area contributed by atoms with Crippen molar-refractivity contribution in [2.24, 2.45) is 0 Å². The summed E-state index contributed by atoms with van der Waals surface area (Å²) in [5.74, 6) is -1.21. The van der Waals surface area contributed by atoms with Crippen molar-refractivity contribution in [2.45, 2.75) is 6.61 Å². The molecule has 0 amide bonds. The van der Waals surface area contributed by atoms with Gasteiger partial charge >= 0.3 is 5.97 Å². The molecule has 0 heterocycles. The topological polar surface area (TPSA) is 26.3 Å². The van der Waals surface area contributed by atoms with Crippen LogP contribution < -0.4 is 0 Å². The van der Waals surface area contributed by atoms with Gasteiger partial charge in [0.25, 0.3) is 0 Å². The second kappa shape index (κ2) is 6.44. The zero-order valence-corrected chi connectivity index (χ0v) is 12.3. The van der Waals surface area contributed by atoms with E-state index in [1.807, 2.05) is 0 Å². The van der Waals surface area contributed by atoms with Crippen LogP contribution in [-0.4, -0.2) is 5.97 Å². The van der Waals surface area contributed by atoms with Crippen molar-refractivity contribution < 1.29 is 13.9 Å². The molecule has 0 atom stereocenters. The Morgan fingerprint density at radius 2 is 1.85 bits per heavy atom. The van der Waals surface area contributed by atoms with Gasteiger partial charge in [0, 0.05) is 10.6 Å². The van der Waals surface area contributed by atoms with Gasteiger partial charge in [-0.05, 0) is 30.3 Å². The Labute approximate surface area is 130 Å². The fourth-order valence-corrected chi connectivity index (χ4v) is 2.24. The van der Waals surface area contributed by atoms with E-state index in [0.717, 1.165) is 0 Å². The van der Waals surface area contributed by atoms with Crippen molar-refractivity contribution in [3.63, 3.8) is 0 Å². The maximum Gasteiger partial charge on any atom is 0.339 e. The maximum absolute atomic E-state index is 13.5. The highest BCUT2D eigenvalue weighted by Crippen LogP contribution is 2.23. The molecule has 2 rings (SSSR count). The third kappa shape index (κ3) is 3.42. The maximum atomic E-state index is 13.5. The molecule has 0 fully saturated rings. The number of carbonyl (C=O) groups excluding carboxylic acids is 1. The van der Waals surface area contributed by atoms with Crippen LogP contribution in [0.1, 0.15) is 15.9 Å². The first kappa shape index (κ1) is 15.1. The number of halogens is 4. The molecule has 0 aliphatic carbocycles. The van der Waals surface area contributed by atoms with Gasteiger partial charge in [0.1, 0.15) is 12.4 Å². The lowest BCUT2D eigenvalue weighted by atomic mass is 10.2. The minimum Gasteiger partial charge on any atom is -0.457 e. The highest BCUT2D eigenvalue weighted by atomic mass is 35.5. The molecule has 20 heavy (non-hydrogen) atoms. The van der Waals surface area contributed by atoms with Crippen molar-refractivity contribution in [1.82, 2.24) is 0 Å². The SMILES string of the molecule is O=C(OCc1c(F)cccc1Cl)c1ccc(Cl)cc1Cl. The second-order valence-corrected chi connectivity index (χ2v) is 5.15. The van der Waals surface area contributed by atoms with E-state index in [-0.39, 0.29) is 27.8 Å². The Morgan fingerprint density at radius 3 is 2.50 bits per heavy atom. The van der Waals surface area contributed by atoms with E-state index < -0.39 is 11.8 Å². The van der Waals surface area contributed by atoms with Gasteiger partial charge in [0.15, 0.2) is 0 Å². The van der Waals surface area contributed by atoms with Crippen molar-refractivity contribution in [1.29, 1.82) is 0 Å². The van der Waals surface area contributed by atoms with Crippen LogP contribution in [0.15, 0.2) is 36.4 Å². The lowest BCUT2D eigenvalue weighted by molar-refractivity contribution is 0.0469. The van der Waals surface area contributed by atoms with Gasteiger partial charge < -0.3 is 4.74 Å². The van der Waals surface area contributed by atoms with E-state index >= 15 is 0 Å². The van der Waals surface area contributed by atoms with Crippen LogP contribution in [0.4, 0.5) is 4.39 Å². The predicted octanol–water partition coefficient (Wildman–Crippen LogP) is 5.14. The van der Waals surface area contributed by atoms with Gasteiger partial charge in [0.05, 0.1) is 15.6 Å². The van der Waals surface area contributed by atoms with E-state index in [1.165, 1.54) is 36.4 Å². The molecule has 0 spiro atoms. The summed E-state index contributed by atoms with van der Waals surface area (Å²) < 4.78 is 18.5. The second-order valence-electron chi connectivity index (χ2n) is 3.90. The molecule has 104 valence electrons. The summed E-state index contributed by atoms with van der Waals surface area (Å²) in [6.07, 6.45) is 0. The lowest BCUT2D eigenvalue weighted by Crippen LogP contribution is -2.07. The Hall–Kier alpha value is -1.29. The van der Waals surface area contributed by atoms with Crippen LogP contribution in [0.25, 0.3) is 0 Å². The van der Waals surface area contributed by atoms with E-state index in [1.54, 1.807) is 0 Å². The van der Waals surface area contributed by atoms with Gasteiger partial charge in [-0.15, -0.1) is 0 Å². The van der Waals surface area contributed by atoms with Gasteiger partial charge in [-0.3, -0.25) is 0 Å². The van der Waals surface area contributed by atoms with Crippen LogP contribution in [-0.2, 0) is 11.3 Å². The van der Waals surface area contributed by atoms with Crippen LogP contribution in [0.5, 0.6) is 0 Å². The molecule has 2 aromatic rings. The Kier molecular flexibility index (Phi) is 4.86. The average molecular weight is 334 g/mol. The van der Waals surface area contributed by atoms with Crippen LogP contribution in [0.2, 0.25) is 15.1 Å². The molecule has 6 heteroatoms. The van der Waals surface area contributed by atoms with Crippen LogP contribution in [0.3, 0.4) is 0 Å². The molecule has 0 aliphatic heterocycles. The molecule has 0 aromatic heterocycles. The predicted molar refractivity (Wildman–Crippen MR) is 77.0 cm³/mol. The third-order valence-corrected chi connectivity index (χ3v) is 3.46. The van der Waals surface area contributed by atoms with E-state index in [0.29, 0.717) is 5.02 Å². The van der Waals surface area contributed by atoms with E-state index in [2.05, 4.69) is 0 Å². The van der Waals surface area contributed by atoms with Gasteiger partial charge in [-0.2, -0.15) is 0 Å². The standard InChI is InChI=1S/C14H8Cl3FO2/c15-8-4-5-9(12(17)6-8)14(19)20-7-10-11(16)2-1-3-13(10)18/h1-6H,7H2. The number of esters is 1. The van der Waals surface area contributed by atoms with Crippen LogP contribution >= 0.6 is 34.8 Å². The number of hydrogen-bond donors (Lipinski definition) is 0. The fourth-order valence-electron chi connectivity index (χ4n) is 1.54. The zero-order chi connectivity index (χ0) is 14.7. The first-order valence-electron chi connectivity index (χ1n) is 5.54. The molecule has 2 nitrogen and oxygen atoms in total. The average Bonchev–Trinajstić information content (AvgIpc) is 2.37. The molecule has 0 unspecified atom stereocenters. The van der Waals surface area contributed by atoms with E-state index in [4.69, 9.17) is 39.5 Å². The zero-order valence-electron chi connectivity index (χ0n) is 10.00. The molecule has 2 aromatic carbocycles. The monoisotopic (exact) mass is 332 g/mol. The lowest BCUT2D eigenvalue weighted by Gasteiger charge is -2.08. The minimum absolute atomic E-state index is 0.118. The highest BCUT2D eigenvalue weighted by molar-refractivity contribution is 6.36. The highest BCUT2D eigenvalue weighted by Gasteiger charge is 2.14. The van der Waals surface area contributed by atoms with Gasteiger partial charge in [-0.25, -0.2) is 9.18 Å². The summed E-state index contributed by atoms with van der Waals surface area (Å²) >= 11 is 17.5. The summed E-state index contributed by atoms with van der Waals surface area (Å²) in [5, 5.41) is 0.769. The summed E-state index contributed by atoms with van der Waals surface area (Å²) in [5.41, 5.74) is 0.274. The minimum atomic E-state index is -0.675. The molecule has 0 radical (unpaired) electrons. The van der Waals surface area contributed by atoms with Gasteiger partial charge in [0.2, 0.25) is 0 Å². The summed E-state index contributed by atoms with van der Waals surface area (Å²) in [4.78, 5) is 11.9. The van der Waals surface area contributed by atoms with Crippen LogP contribution in [0, 0.1) is 5.82 Å². The molecule has 0 saturated heterocycles.